The third-order valence-electron chi connectivity index (χ3n) is 1.98. The normalized spacial score (nSPS) is 14.0. The summed E-state index contributed by atoms with van der Waals surface area (Å²) in [5.41, 5.74) is 0. The maximum Gasteiger partial charge on any atom is 0.374 e. The lowest BCUT2D eigenvalue weighted by Crippen LogP contribution is -2.10. The fraction of sp³-hybridized carbons (Fsp3) is 1.00. The minimum Gasteiger partial charge on any atom is -0.355 e. The zero-order valence-electron chi connectivity index (χ0n) is 10.3. The predicted octanol–water partition coefficient (Wildman–Crippen LogP) is 3.98. The van der Waals surface area contributed by atoms with Gasteiger partial charge < -0.3 is 13.8 Å². The Balaban J connectivity index is 4.19. The first-order valence-corrected chi connectivity index (χ1v) is 7.71. The first kappa shape index (κ1) is 16.4. The number of methoxy groups -OCH3 is 1. The van der Waals surface area contributed by atoms with Crippen LogP contribution in [-0.2, 0) is 18.3 Å². The summed E-state index contributed by atoms with van der Waals surface area (Å²) in [4.78, 5) is 0. The zero-order chi connectivity index (χ0) is 12.4. The van der Waals surface area contributed by atoms with E-state index >= 15 is 0 Å². The van der Waals surface area contributed by atoms with Crippen LogP contribution in [0.3, 0.4) is 0 Å². The summed E-state index contributed by atoms with van der Waals surface area (Å²) >= 11 is 5.80. The average molecular weight is 273 g/mol. The summed E-state index contributed by atoms with van der Waals surface area (Å²) in [5.74, 6) is 0. The molecular formula is C10H22ClO4P. The van der Waals surface area contributed by atoms with E-state index in [0.29, 0.717) is 13.2 Å². The standard InChI is InChI=1S/C10H22ClO4P/c1-4-6-8-14-16(12,10(11)13-3)15-9-7-5-2/h10H,4-9H2,1-3H3. The maximum absolute atomic E-state index is 12.2. The van der Waals surface area contributed by atoms with Crippen LogP contribution in [0.15, 0.2) is 0 Å². The fourth-order valence-corrected chi connectivity index (χ4v) is 2.63. The molecule has 0 N–H and O–H groups in total. The molecule has 0 bridgehead atoms. The molecular weight excluding hydrogens is 251 g/mol. The lowest BCUT2D eigenvalue weighted by molar-refractivity contribution is 0.140. The van der Waals surface area contributed by atoms with E-state index in [2.05, 4.69) is 0 Å². The highest BCUT2D eigenvalue weighted by molar-refractivity contribution is 7.56. The molecule has 98 valence electrons. The summed E-state index contributed by atoms with van der Waals surface area (Å²) in [7, 11) is -1.94. The molecule has 0 aliphatic carbocycles. The van der Waals surface area contributed by atoms with Gasteiger partial charge in [-0.25, -0.2) is 0 Å². The van der Waals surface area contributed by atoms with Gasteiger partial charge in [0.15, 0.2) is 0 Å². The zero-order valence-corrected chi connectivity index (χ0v) is 11.9. The Morgan fingerprint density at radius 3 is 1.88 bits per heavy atom. The predicted molar refractivity (Wildman–Crippen MR) is 66.0 cm³/mol. The van der Waals surface area contributed by atoms with Crippen LogP contribution < -0.4 is 0 Å². The fourth-order valence-electron chi connectivity index (χ4n) is 0.956. The Morgan fingerprint density at radius 1 is 1.12 bits per heavy atom. The quantitative estimate of drug-likeness (QED) is 0.343. The van der Waals surface area contributed by atoms with E-state index in [4.69, 9.17) is 25.4 Å². The average Bonchev–Trinajstić information content (AvgIpc) is 2.28. The van der Waals surface area contributed by atoms with Crippen LogP contribution >= 0.6 is 19.2 Å². The van der Waals surface area contributed by atoms with Crippen molar-refractivity contribution in [2.75, 3.05) is 20.3 Å². The topological polar surface area (TPSA) is 44.8 Å². The first-order chi connectivity index (χ1) is 7.60. The van der Waals surface area contributed by atoms with Crippen molar-refractivity contribution in [1.82, 2.24) is 0 Å². The number of hydrogen-bond donors (Lipinski definition) is 0. The van der Waals surface area contributed by atoms with Gasteiger partial charge >= 0.3 is 7.60 Å². The largest absolute Gasteiger partial charge is 0.374 e. The van der Waals surface area contributed by atoms with E-state index in [-0.39, 0.29) is 0 Å². The highest BCUT2D eigenvalue weighted by Gasteiger charge is 2.34. The van der Waals surface area contributed by atoms with Gasteiger partial charge in [-0.2, -0.15) is 0 Å². The smallest absolute Gasteiger partial charge is 0.355 e. The van der Waals surface area contributed by atoms with Crippen molar-refractivity contribution in [3.8, 4) is 0 Å². The molecule has 0 aromatic rings. The second-order valence-electron chi connectivity index (χ2n) is 3.44. The van der Waals surface area contributed by atoms with Crippen LogP contribution in [0.5, 0.6) is 0 Å². The van der Waals surface area contributed by atoms with Crippen LogP contribution in [0.2, 0.25) is 0 Å². The summed E-state index contributed by atoms with van der Waals surface area (Å²) in [6.07, 6.45) is 3.59. The molecule has 0 saturated heterocycles. The lowest BCUT2D eigenvalue weighted by Gasteiger charge is -2.21. The van der Waals surface area contributed by atoms with Gasteiger partial charge in [0.05, 0.1) is 13.2 Å². The van der Waals surface area contributed by atoms with E-state index in [0.717, 1.165) is 25.7 Å². The Morgan fingerprint density at radius 2 is 1.56 bits per heavy atom. The summed E-state index contributed by atoms with van der Waals surface area (Å²) in [6, 6.07) is 0. The Bertz CT molecular complexity index is 199. The molecule has 0 spiro atoms. The van der Waals surface area contributed by atoms with Crippen LogP contribution in [0, 0.1) is 0 Å². The number of halogens is 1. The summed E-state index contributed by atoms with van der Waals surface area (Å²) < 4.78 is 27.5. The van der Waals surface area contributed by atoms with Crippen molar-refractivity contribution in [2.45, 2.75) is 44.8 Å². The van der Waals surface area contributed by atoms with Crippen molar-refractivity contribution in [2.24, 2.45) is 0 Å². The van der Waals surface area contributed by atoms with Gasteiger partial charge in [0.1, 0.15) is 0 Å². The van der Waals surface area contributed by atoms with Gasteiger partial charge in [0.2, 0.25) is 5.30 Å². The van der Waals surface area contributed by atoms with E-state index < -0.39 is 12.9 Å². The number of ether oxygens (including phenoxy) is 1. The highest BCUT2D eigenvalue weighted by atomic mass is 35.5. The van der Waals surface area contributed by atoms with Crippen LogP contribution in [-0.4, -0.2) is 25.6 Å². The molecule has 1 atom stereocenters. The number of hydrogen-bond acceptors (Lipinski definition) is 4. The van der Waals surface area contributed by atoms with Crippen molar-refractivity contribution >= 4 is 19.2 Å². The van der Waals surface area contributed by atoms with E-state index in [1.807, 2.05) is 13.8 Å². The second-order valence-corrected chi connectivity index (χ2v) is 6.21. The number of alkyl halides is 1. The molecule has 0 aliphatic rings. The van der Waals surface area contributed by atoms with Gasteiger partial charge in [-0.15, -0.1) is 0 Å². The molecule has 0 fully saturated rings. The molecule has 4 nitrogen and oxygen atoms in total. The van der Waals surface area contributed by atoms with Crippen molar-refractivity contribution in [1.29, 1.82) is 0 Å². The molecule has 0 rings (SSSR count). The Hall–Kier alpha value is 0.400. The minimum atomic E-state index is -3.33. The lowest BCUT2D eigenvalue weighted by atomic mass is 10.4. The molecule has 0 saturated carbocycles. The van der Waals surface area contributed by atoms with E-state index in [9.17, 15) is 4.57 Å². The molecule has 1 unspecified atom stereocenters. The Labute approximate surface area is 103 Å². The number of unbranched alkanes of at least 4 members (excludes halogenated alkanes) is 2. The van der Waals surface area contributed by atoms with Gasteiger partial charge in [-0.05, 0) is 12.8 Å². The molecule has 6 heteroatoms. The molecule has 0 amide bonds. The second kappa shape index (κ2) is 9.43. The minimum absolute atomic E-state index is 0.381. The van der Waals surface area contributed by atoms with Gasteiger partial charge in [-0.3, -0.25) is 4.57 Å². The monoisotopic (exact) mass is 272 g/mol. The molecule has 16 heavy (non-hydrogen) atoms. The van der Waals surface area contributed by atoms with Gasteiger partial charge in [0, 0.05) is 7.11 Å². The summed E-state index contributed by atoms with van der Waals surface area (Å²) in [5, 5.41) is -1.03. The summed E-state index contributed by atoms with van der Waals surface area (Å²) in [6.45, 7) is 4.82. The third kappa shape index (κ3) is 6.21. The van der Waals surface area contributed by atoms with Crippen LogP contribution in [0.25, 0.3) is 0 Å². The van der Waals surface area contributed by atoms with Crippen LogP contribution in [0.4, 0.5) is 0 Å². The Kier molecular flexibility index (Phi) is 9.67. The van der Waals surface area contributed by atoms with E-state index in [1.54, 1.807) is 0 Å². The van der Waals surface area contributed by atoms with Gasteiger partial charge in [0.25, 0.3) is 0 Å². The molecule has 0 radical (unpaired) electrons. The SMILES string of the molecule is CCCCOP(=O)(OCCCC)C(Cl)OC. The first-order valence-electron chi connectivity index (χ1n) is 5.66. The third-order valence-corrected chi connectivity index (χ3v) is 4.67. The van der Waals surface area contributed by atoms with Crippen molar-refractivity contribution < 1.29 is 18.3 Å². The molecule has 0 aromatic carbocycles. The van der Waals surface area contributed by atoms with Crippen molar-refractivity contribution in [3.63, 3.8) is 0 Å². The van der Waals surface area contributed by atoms with Crippen molar-refractivity contribution in [3.05, 3.63) is 0 Å². The molecule has 0 aliphatic heterocycles. The van der Waals surface area contributed by atoms with E-state index in [1.165, 1.54) is 7.11 Å². The van der Waals surface area contributed by atoms with Crippen LogP contribution in [0.1, 0.15) is 39.5 Å². The molecule has 0 aromatic heterocycles. The maximum atomic E-state index is 12.2. The van der Waals surface area contributed by atoms with Gasteiger partial charge in [-0.1, -0.05) is 38.3 Å². The number of rotatable bonds is 10. The molecule has 0 heterocycles. The highest BCUT2D eigenvalue weighted by Crippen LogP contribution is 2.55.